The molecule has 1 aliphatic heterocycles. The lowest BCUT2D eigenvalue weighted by molar-refractivity contribution is 0.646. The number of hydrogen-bond donors (Lipinski definition) is 1. The summed E-state index contributed by atoms with van der Waals surface area (Å²) in [6.07, 6.45) is 5.20. The van der Waals surface area contributed by atoms with Crippen molar-refractivity contribution in [1.29, 1.82) is 0 Å². The molecule has 2 heterocycles. The lowest BCUT2D eigenvalue weighted by atomic mass is 10.1. The van der Waals surface area contributed by atoms with Crippen LogP contribution in [0.4, 0.5) is 0 Å². The van der Waals surface area contributed by atoms with Gasteiger partial charge in [0.15, 0.2) is 0 Å². The molecule has 0 saturated carbocycles. The maximum Gasteiger partial charge on any atom is 0.0530 e. The van der Waals surface area contributed by atoms with E-state index in [1.165, 1.54) is 23.3 Å². The normalized spacial score (nSPS) is 24.3. The summed E-state index contributed by atoms with van der Waals surface area (Å²) >= 11 is 0. The fraction of sp³-hybridized carbons (Fsp3) is 0.300. The Morgan fingerprint density at radius 1 is 1.50 bits per heavy atom. The maximum atomic E-state index is 4.42. The van der Waals surface area contributed by atoms with Gasteiger partial charge in [0, 0.05) is 30.4 Å². The smallest absolute Gasteiger partial charge is 0.0530 e. The van der Waals surface area contributed by atoms with Gasteiger partial charge in [-0.15, -0.1) is 0 Å². The molecule has 0 amide bonds. The number of rotatable bonds is 0. The van der Waals surface area contributed by atoms with Crippen LogP contribution >= 0.6 is 0 Å². The molecular weight excluding hydrogens is 148 g/mol. The van der Waals surface area contributed by atoms with E-state index in [-0.39, 0.29) is 0 Å². The van der Waals surface area contributed by atoms with Crippen molar-refractivity contribution in [2.45, 2.75) is 12.3 Å². The van der Waals surface area contributed by atoms with Crippen LogP contribution in [0.5, 0.6) is 0 Å². The fourth-order valence-corrected chi connectivity index (χ4v) is 2.12. The Balaban J connectivity index is 2.27. The maximum absolute atomic E-state index is 4.42. The van der Waals surface area contributed by atoms with Crippen LogP contribution in [0.25, 0.3) is 5.57 Å². The molecule has 0 fully saturated rings. The topological polar surface area (TPSA) is 24.9 Å². The highest BCUT2D eigenvalue weighted by Crippen LogP contribution is 2.40. The van der Waals surface area contributed by atoms with Crippen LogP contribution in [0.3, 0.4) is 0 Å². The number of hydrogen-bond acceptors (Lipinski definition) is 2. The Morgan fingerprint density at radius 3 is 3.50 bits per heavy atom. The zero-order valence-corrected chi connectivity index (χ0v) is 6.75. The quantitative estimate of drug-likeness (QED) is 0.619. The third kappa shape index (κ3) is 0.670. The van der Waals surface area contributed by atoms with Crippen molar-refractivity contribution in [3.8, 4) is 0 Å². The molecule has 0 spiro atoms. The van der Waals surface area contributed by atoms with Gasteiger partial charge in [0.1, 0.15) is 0 Å². The summed E-state index contributed by atoms with van der Waals surface area (Å²) in [6, 6.07) is 4.18. The minimum absolute atomic E-state index is 0.626. The van der Waals surface area contributed by atoms with Gasteiger partial charge in [-0.05, 0) is 18.1 Å². The molecule has 12 heavy (non-hydrogen) atoms. The number of nitrogens with one attached hydrogen (secondary N) is 1. The van der Waals surface area contributed by atoms with Gasteiger partial charge in [0.2, 0.25) is 0 Å². The summed E-state index contributed by atoms with van der Waals surface area (Å²) in [7, 11) is 0. The summed E-state index contributed by atoms with van der Waals surface area (Å²) in [5.74, 6) is 0.626. The highest BCUT2D eigenvalue weighted by atomic mass is 14.9. The van der Waals surface area contributed by atoms with E-state index in [0.717, 1.165) is 6.54 Å². The minimum atomic E-state index is 0.626. The lowest BCUT2D eigenvalue weighted by Crippen LogP contribution is -2.17. The third-order valence-electron chi connectivity index (χ3n) is 2.68. The number of allylic oxidation sites excluding steroid dienone is 1. The standard InChI is InChI=1S/C10H10N2/c1-2-9-7-4-8(6-11-5-7)10(9)12-3-1/h1-3,5,8,11H,4,6H2. The Hall–Kier alpha value is -1.31. The molecule has 1 aromatic heterocycles. The van der Waals surface area contributed by atoms with Gasteiger partial charge in [-0.1, -0.05) is 6.07 Å². The van der Waals surface area contributed by atoms with Crippen LogP contribution in [0.15, 0.2) is 24.5 Å². The predicted molar refractivity (Wildman–Crippen MR) is 47.6 cm³/mol. The Labute approximate surface area is 71.3 Å². The first kappa shape index (κ1) is 6.23. The van der Waals surface area contributed by atoms with Crippen molar-refractivity contribution in [3.05, 3.63) is 35.8 Å². The second-order valence-electron chi connectivity index (χ2n) is 3.42. The van der Waals surface area contributed by atoms with Crippen molar-refractivity contribution in [2.75, 3.05) is 6.54 Å². The van der Waals surface area contributed by atoms with E-state index in [2.05, 4.69) is 22.6 Å². The first-order valence-corrected chi connectivity index (χ1v) is 4.33. The molecule has 1 N–H and O–H groups in total. The van der Waals surface area contributed by atoms with Crippen LogP contribution < -0.4 is 5.32 Å². The average Bonchev–Trinajstić information content (AvgIpc) is 2.41. The van der Waals surface area contributed by atoms with Gasteiger partial charge in [0.05, 0.1) is 5.69 Å². The molecule has 60 valence electrons. The summed E-state index contributed by atoms with van der Waals surface area (Å²) in [6.45, 7) is 1.05. The largest absolute Gasteiger partial charge is 0.390 e. The fourth-order valence-electron chi connectivity index (χ4n) is 2.12. The molecule has 1 atom stereocenters. The minimum Gasteiger partial charge on any atom is -0.390 e. The van der Waals surface area contributed by atoms with E-state index in [1.807, 2.05) is 12.3 Å². The zero-order valence-electron chi connectivity index (χ0n) is 6.75. The van der Waals surface area contributed by atoms with Crippen molar-refractivity contribution >= 4 is 5.57 Å². The molecule has 2 aliphatic rings. The van der Waals surface area contributed by atoms with Gasteiger partial charge < -0.3 is 5.32 Å². The number of nitrogens with zero attached hydrogens (tertiary/aromatic N) is 1. The highest BCUT2D eigenvalue weighted by Gasteiger charge is 2.29. The summed E-state index contributed by atoms with van der Waals surface area (Å²) in [5, 5.41) is 3.29. The molecule has 2 nitrogen and oxygen atoms in total. The zero-order chi connectivity index (χ0) is 7.97. The summed E-state index contributed by atoms with van der Waals surface area (Å²) < 4.78 is 0. The molecule has 0 saturated heterocycles. The van der Waals surface area contributed by atoms with E-state index < -0.39 is 0 Å². The van der Waals surface area contributed by atoms with Crippen molar-refractivity contribution < 1.29 is 0 Å². The van der Waals surface area contributed by atoms with Crippen molar-refractivity contribution in [1.82, 2.24) is 10.3 Å². The number of pyridine rings is 1. The first-order valence-electron chi connectivity index (χ1n) is 4.33. The average molecular weight is 158 g/mol. The molecule has 1 aliphatic carbocycles. The van der Waals surface area contributed by atoms with E-state index in [0.29, 0.717) is 5.92 Å². The lowest BCUT2D eigenvalue weighted by Gasteiger charge is -2.12. The SMILES string of the molecule is C1=C2CC(CN1)c1ncccc12. The van der Waals surface area contributed by atoms with Crippen LogP contribution in [0.1, 0.15) is 23.6 Å². The monoisotopic (exact) mass is 158 g/mol. The van der Waals surface area contributed by atoms with Gasteiger partial charge in [-0.3, -0.25) is 4.98 Å². The summed E-state index contributed by atoms with van der Waals surface area (Å²) in [5.41, 5.74) is 4.07. The molecule has 3 rings (SSSR count). The van der Waals surface area contributed by atoms with Crippen LogP contribution in [-0.2, 0) is 0 Å². The molecule has 2 heteroatoms. The Morgan fingerprint density at radius 2 is 2.50 bits per heavy atom. The van der Waals surface area contributed by atoms with Crippen molar-refractivity contribution in [3.63, 3.8) is 0 Å². The van der Waals surface area contributed by atoms with Crippen LogP contribution in [-0.4, -0.2) is 11.5 Å². The van der Waals surface area contributed by atoms with Gasteiger partial charge in [-0.2, -0.15) is 0 Å². The number of fused-ring (bicyclic) bond motifs is 5. The molecule has 0 radical (unpaired) electrons. The van der Waals surface area contributed by atoms with E-state index in [9.17, 15) is 0 Å². The van der Waals surface area contributed by atoms with Gasteiger partial charge in [-0.25, -0.2) is 0 Å². The molecule has 2 bridgehead atoms. The van der Waals surface area contributed by atoms with Gasteiger partial charge >= 0.3 is 0 Å². The highest BCUT2D eigenvalue weighted by molar-refractivity contribution is 5.73. The molecule has 1 aromatic rings. The van der Waals surface area contributed by atoms with E-state index in [1.54, 1.807) is 0 Å². The third-order valence-corrected chi connectivity index (χ3v) is 2.68. The van der Waals surface area contributed by atoms with Crippen molar-refractivity contribution in [2.24, 2.45) is 0 Å². The number of aromatic nitrogens is 1. The second-order valence-corrected chi connectivity index (χ2v) is 3.42. The van der Waals surface area contributed by atoms with Gasteiger partial charge in [0.25, 0.3) is 0 Å². The Kier molecular flexibility index (Phi) is 1.09. The second kappa shape index (κ2) is 2.09. The molecule has 1 unspecified atom stereocenters. The molecular formula is C10H10N2. The van der Waals surface area contributed by atoms with Crippen LogP contribution in [0.2, 0.25) is 0 Å². The van der Waals surface area contributed by atoms with E-state index >= 15 is 0 Å². The van der Waals surface area contributed by atoms with E-state index in [4.69, 9.17) is 0 Å². The van der Waals surface area contributed by atoms with Crippen LogP contribution in [0, 0.1) is 0 Å². The first-order chi connectivity index (χ1) is 5.95. The predicted octanol–water partition coefficient (Wildman–Crippen LogP) is 1.51. The Bertz CT molecular complexity index is 355. The molecule has 0 aromatic carbocycles. The summed E-state index contributed by atoms with van der Waals surface area (Å²) in [4.78, 5) is 4.42.